The number of nitrogens with one attached hydrogen (secondary N) is 2. The lowest BCUT2D eigenvalue weighted by Gasteiger charge is -2.18. The maximum atomic E-state index is 12.6. The van der Waals surface area contributed by atoms with Gasteiger partial charge in [-0.1, -0.05) is 44.2 Å². The van der Waals surface area contributed by atoms with Gasteiger partial charge in [0.2, 0.25) is 10.0 Å². The predicted molar refractivity (Wildman–Crippen MR) is 125 cm³/mol. The molecule has 0 aliphatic heterocycles. The van der Waals surface area contributed by atoms with Crippen molar-refractivity contribution in [3.05, 3.63) is 66.5 Å². The van der Waals surface area contributed by atoms with Gasteiger partial charge in [0.15, 0.2) is 11.6 Å². The molecule has 0 unspecified atom stereocenters. The number of anilines is 4. The summed E-state index contributed by atoms with van der Waals surface area (Å²) in [6, 6.07) is 16.7. The molecule has 3 rings (SSSR count). The summed E-state index contributed by atoms with van der Waals surface area (Å²) in [5.41, 5.74) is 8.53. The zero-order valence-electron chi connectivity index (χ0n) is 17.7. The topological polar surface area (TPSA) is 113 Å². The van der Waals surface area contributed by atoms with Crippen LogP contribution in [0.3, 0.4) is 0 Å². The number of nitrogens with zero attached hydrogens (tertiary/aromatic N) is 3. The molecule has 0 radical (unpaired) electrons. The highest BCUT2D eigenvalue weighted by atomic mass is 32.2. The van der Waals surface area contributed by atoms with Gasteiger partial charge in [-0.15, -0.1) is 0 Å². The van der Waals surface area contributed by atoms with Crippen LogP contribution >= 0.6 is 0 Å². The van der Waals surface area contributed by atoms with Gasteiger partial charge in [0.05, 0.1) is 4.90 Å². The van der Waals surface area contributed by atoms with E-state index in [-0.39, 0.29) is 4.90 Å². The Kier molecular flexibility index (Phi) is 7.43. The Morgan fingerprint density at radius 3 is 2.23 bits per heavy atom. The SMILES string of the molecule is CCN(CC)S(=O)(=O)c1ccc(Nc2ncnc(NCCc3ccccc3)c2N)cc1. The van der Waals surface area contributed by atoms with Gasteiger partial charge in [0.1, 0.15) is 12.0 Å². The third kappa shape index (κ3) is 5.50. The number of aromatic nitrogens is 2. The standard InChI is InChI=1S/C22H28N6O2S/c1-3-28(4-2)31(29,30)19-12-10-18(11-13-19)27-22-20(23)21(25-16-26-22)24-15-14-17-8-6-5-7-9-17/h5-13,16H,3-4,14-15,23H2,1-2H3,(H2,24,25,26,27). The summed E-state index contributed by atoms with van der Waals surface area (Å²) < 4.78 is 26.7. The average molecular weight is 441 g/mol. The number of nitrogen functional groups attached to an aromatic ring is 1. The zero-order valence-corrected chi connectivity index (χ0v) is 18.6. The highest BCUT2D eigenvalue weighted by Gasteiger charge is 2.21. The molecule has 0 aliphatic rings. The van der Waals surface area contributed by atoms with Crippen LogP contribution in [0.5, 0.6) is 0 Å². The Balaban J connectivity index is 1.68. The molecule has 4 N–H and O–H groups in total. The van der Waals surface area contributed by atoms with E-state index in [0.29, 0.717) is 42.6 Å². The molecule has 0 saturated heterocycles. The van der Waals surface area contributed by atoms with Crippen LogP contribution in [0.15, 0.2) is 65.8 Å². The Morgan fingerprint density at radius 1 is 0.935 bits per heavy atom. The first kappa shape index (κ1) is 22.5. The molecule has 0 amide bonds. The summed E-state index contributed by atoms with van der Waals surface area (Å²) in [6.07, 6.45) is 2.28. The highest BCUT2D eigenvalue weighted by molar-refractivity contribution is 7.89. The first-order valence-corrected chi connectivity index (χ1v) is 11.6. The van der Waals surface area contributed by atoms with Gasteiger partial charge in [0.25, 0.3) is 0 Å². The van der Waals surface area contributed by atoms with Crippen molar-refractivity contribution < 1.29 is 8.42 Å². The van der Waals surface area contributed by atoms with Gasteiger partial charge < -0.3 is 16.4 Å². The van der Waals surface area contributed by atoms with Crippen LogP contribution in [0, 0.1) is 0 Å². The molecule has 9 heteroatoms. The van der Waals surface area contributed by atoms with E-state index in [0.717, 1.165) is 6.42 Å². The van der Waals surface area contributed by atoms with Crippen LogP contribution < -0.4 is 16.4 Å². The van der Waals surface area contributed by atoms with Crippen LogP contribution in [0.4, 0.5) is 23.0 Å². The summed E-state index contributed by atoms with van der Waals surface area (Å²) in [6.45, 7) is 5.18. The van der Waals surface area contributed by atoms with E-state index in [1.807, 2.05) is 32.0 Å². The summed E-state index contributed by atoms with van der Waals surface area (Å²) in [7, 11) is -3.49. The molecule has 31 heavy (non-hydrogen) atoms. The van der Waals surface area contributed by atoms with Crippen molar-refractivity contribution >= 4 is 33.0 Å². The molecule has 164 valence electrons. The monoisotopic (exact) mass is 440 g/mol. The molecule has 0 fully saturated rings. The molecular formula is C22H28N6O2S. The molecule has 0 aliphatic carbocycles. The van der Waals surface area contributed by atoms with Crippen molar-refractivity contribution in [2.45, 2.75) is 25.2 Å². The normalized spacial score (nSPS) is 11.5. The van der Waals surface area contributed by atoms with E-state index < -0.39 is 10.0 Å². The minimum Gasteiger partial charge on any atom is -0.393 e. The molecule has 2 aromatic carbocycles. The summed E-state index contributed by atoms with van der Waals surface area (Å²) in [5, 5.41) is 6.37. The number of nitrogens with two attached hydrogens (primary N) is 1. The molecule has 1 aromatic heterocycles. The van der Waals surface area contributed by atoms with E-state index >= 15 is 0 Å². The molecule has 0 atom stereocenters. The second-order valence-corrected chi connectivity index (χ2v) is 8.82. The zero-order chi connectivity index (χ0) is 22.3. The molecule has 0 bridgehead atoms. The predicted octanol–water partition coefficient (Wildman–Crippen LogP) is 3.49. The van der Waals surface area contributed by atoms with Crippen molar-refractivity contribution in [1.82, 2.24) is 14.3 Å². The quantitative estimate of drug-likeness (QED) is 0.442. The number of hydrogen-bond donors (Lipinski definition) is 3. The Morgan fingerprint density at radius 2 is 1.58 bits per heavy atom. The van der Waals surface area contributed by atoms with E-state index in [9.17, 15) is 8.42 Å². The molecule has 0 spiro atoms. The smallest absolute Gasteiger partial charge is 0.243 e. The van der Waals surface area contributed by atoms with Gasteiger partial charge in [-0.3, -0.25) is 0 Å². The van der Waals surface area contributed by atoms with Gasteiger partial charge in [-0.05, 0) is 36.2 Å². The maximum Gasteiger partial charge on any atom is 0.243 e. The fourth-order valence-corrected chi connectivity index (χ4v) is 4.62. The average Bonchev–Trinajstić information content (AvgIpc) is 2.78. The molecule has 0 saturated carbocycles. The Labute approximate surface area is 183 Å². The van der Waals surface area contributed by atoms with Crippen LogP contribution in [0.1, 0.15) is 19.4 Å². The van der Waals surface area contributed by atoms with Gasteiger partial charge >= 0.3 is 0 Å². The number of sulfonamides is 1. The Hall–Kier alpha value is -3.17. The summed E-state index contributed by atoms with van der Waals surface area (Å²) in [4.78, 5) is 8.69. The lowest BCUT2D eigenvalue weighted by atomic mass is 10.1. The van der Waals surface area contributed by atoms with Crippen LogP contribution in [-0.4, -0.2) is 42.3 Å². The van der Waals surface area contributed by atoms with Crippen molar-refractivity contribution in [3.8, 4) is 0 Å². The highest BCUT2D eigenvalue weighted by Crippen LogP contribution is 2.26. The summed E-state index contributed by atoms with van der Waals surface area (Å²) >= 11 is 0. The van der Waals surface area contributed by atoms with Crippen molar-refractivity contribution in [2.24, 2.45) is 0 Å². The van der Waals surface area contributed by atoms with Crippen LogP contribution in [0.25, 0.3) is 0 Å². The van der Waals surface area contributed by atoms with Crippen LogP contribution in [-0.2, 0) is 16.4 Å². The molecule has 3 aromatic rings. The first-order valence-electron chi connectivity index (χ1n) is 10.2. The fourth-order valence-electron chi connectivity index (χ4n) is 3.17. The second kappa shape index (κ2) is 10.2. The third-order valence-electron chi connectivity index (χ3n) is 4.89. The third-order valence-corrected chi connectivity index (χ3v) is 6.96. The lowest BCUT2D eigenvalue weighted by Crippen LogP contribution is -2.30. The Bertz CT molecular complexity index is 1080. The van der Waals surface area contributed by atoms with Crippen molar-refractivity contribution in [1.29, 1.82) is 0 Å². The largest absolute Gasteiger partial charge is 0.393 e. The maximum absolute atomic E-state index is 12.6. The minimum absolute atomic E-state index is 0.251. The molecular weight excluding hydrogens is 412 g/mol. The van der Waals surface area contributed by atoms with Crippen LogP contribution in [0.2, 0.25) is 0 Å². The van der Waals surface area contributed by atoms with Gasteiger partial charge in [0, 0.05) is 25.3 Å². The van der Waals surface area contributed by atoms with E-state index in [4.69, 9.17) is 5.73 Å². The summed E-state index contributed by atoms with van der Waals surface area (Å²) in [5.74, 6) is 1.01. The van der Waals surface area contributed by atoms with E-state index in [1.165, 1.54) is 16.2 Å². The lowest BCUT2D eigenvalue weighted by molar-refractivity contribution is 0.445. The van der Waals surface area contributed by atoms with Gasteiger partial charge in [-0.2, -0.15) is 4.31 Å². The number of rotatable bonds is 10. The number of benzene rings is 2. The number of hydrogen-bond acceptors (Lipinski definition) is 7. The first-order chi connectivity index (χ1) is 15.0. The molecule has 8 nitrogen and oxygen atoms in total. The van der Waals surface area contributed by atoms with Crippen molar-refractivity contribution in [2.75, 3.05) is 36.0 Å². The molecule has 1 heterocycles. The minimum atomic E-state index is -3.49. The van der Waals surface area contributed by atoms with E-state index in [1.54, 1.807) is 24.3 Å². The van der Waals surface area contributed by atoms with Gasteiger partial charge in [-0.25, -0.2) is 18.4 Å². The fraction of sp³-hybridized carbons (Fsp3) is 0.273. The second-order valence-electron chi connectivity index (χ2n) is 6.89. The van der Waals surface area contributed by atoms with E-state index in [2.05, 4.69) is 32.7 Å². The van der Waals surface area contributed by atoms with Crippen molar-refractivity contribution in [3.63, 3.8) is 0 Å².